The predicted molar refractivity (Wildman–Crippen MR) is 180 cm³/mol. The zero-order chi connectivity index (χ0) is 29.0. The van der Waals surface area contributed by atoms with Crippen LogP contribution in [0.4, 0.5) is 17.1 Å². The number of allylic oxidation sites excluding steroid dienone is 1. The first-order valence-electron chi connectivity index (χ1n) is 15.6. The maximum absolute atomic E-state index is 9.89. The monoisotopic (exact) mass is 568 g/mol. The van der Waals surface area contributed by atoms with Gasteiger partial charge in [0.2, 0.25) is 0 Å². The van der Waals surface area contributed by atoms with Crippen molar-refractivity contribution in [1.29, 1.82) is 0 Å². The Hall–Kier alpha value is -3.11. The van der Waals surface area contributed by atoms with Crippen molar-refractivity contribution in [2.75, 3.05) is 11.1 Å². The minimum atomic E-state index is 0.127. The first-order valence-corrected chi connectivity index (χ1v) is 16.4. The molecule has 3 aromatic rings. The van der Waals surface area contributed by atoms with Gasteiger partial charge in [-0.25, -0.2) is 0 Å². The highest BCUT2D eigenvalue weighted by Crippen LogP contribution is 2.45. The number of aryl methyl sites for hydroxylation is 2. The van der Waals surface area contributed by atoms with Gasteiger partial charge >= 0.3 is 0 Å². The topological polar surface area (TPSA) is 58.3 Å². The van der Waals surface area contributed by atoms with E-state index < -0.39 is 0 Å². The molecule has 4 heteroatoms. The Labute approximate surface area is 252 Å². The molecule has 0 spiro atoms. The molecule has 4 rings (SSSR count). The summed E-state index contributed by atoms with van der Waals surface area (Å²) < 4.78 is 0. The Morgan fingerprint density at radius 2 is 1.20 bits per heavy atom. The highest BCUT2D eigenvalue weighted by molar-refractivity contribution is 7.99. The van der Waals surface area contributed by atoms with Crippen LogP contribution in [0.15, 0.2) is 77.5 Å². The number of rotatable bonds is 17. The molecule has 0 unspecified atom stereocenters. The normalized spacial score (nSPS) is 11.9. The number of nitrogens with two attached hydrogens (primary N) is 1. The van der Waals surface area contributed by atoms with Gasteiger partial charge in [-0.15, -0.1) is 0 Å². The number of nitrogen functional groups attached to an aromatic ring is 1. The smallest absolute Gasteiger partial charge is 0.116 e. The fourth-order valence-corrected chi connectivity index (χ4v) is 6.73. The van der Waals surface area contributed by atoms with E-state index in [-0.39, 0.29) is 5.76 Å². The third-order valence-corrected chi connectivity index (χ3v) is 9.29. The van der Waals surface area contributed by atoms with Gasteiger partial charge < -0.3 is 16.2 Å². The maximum atomic E-state index is 9.89. The van der Waals surface area contributed by atoms with E-state index in [1.165, 1.54) is 97.2 Å². The van der Waals surface area contributed by atoms with Crippen molar-refractivity contribution in [3.8, 4) is 0 Å². The van der Waals surface area contributed by atoms with Gasteiger partial charge in [0.05, 0.1) is 11.4 Å². The summed E-state index contributed by atoms with van der Waals surface area (Å²) in [6.45, 7) is 9.98. The molecule has 218 valence electrons. The van der Waals surface area contributed by atoms with Crippen molar-refractivity contribution in [3.63, 3.8) is 0 Å². The number of hydrogen-bond acceptors (Lipinski definition) is 4. The number of nitrogens with one attached hydrogen (secondary N) is 1. The molecule has 4 N–H and O–H groups in total. The number of aliphatic hydroxyl groups excluding tert-OH is 1. The second-order valence-corrected chi connectivity index (χ2v) is 12.6. The Balaban J connectivity index is 1.02. The van der Waals surface area contributed by atoms with Gasteiger partial charge in [0.25, 0.3) is 0 Å². The van der Waals surface area contributed by atoms with Crippen molar-refractivity contribution in [1.82, 2.24) is 0 Å². The maximum Gasteiger partial charge on any atom is 0.116 e. The van der Waals surface area contributed by atoms with Crippen molar-refractivity contribution in [3.05, 3.63) is 90.0 Å². The van der Waals surface area contributed by atoms with Crippen LogP contribution in [0.5, 0.6) is 0 Å². The van der Waals surface area contributed by atoms with Gasteiger partial charge in [0.15, 0.2) is 0 Å². The van der Waals surface area contributed by atoms with E-state index in [9.17, 15) is 5.11 Å². The second-order valence-electron chi connectivity index (χ2n) is 11.5. The van der Waals surface area contributed by atoms with Gasteiger partial charge in [-0.3, -0.25) is 0 Å². The lowest BCUT2D eigenvalue weighted by Gasteiger charge is -2.21. The molecule has 0 aromatic heterocycles. The van der Waals surface area contributed by atoms with Crippen LogP contribution >= 0.6 is 11.8 Å². The standard InChI is InChI=1S/C37H48N2OS/c1-4-27(2)33-24-29(18-21-32(33)28(3)40)16-14-12-10-8-6-5-7-9-11-13-15-17-30-19-22-34-36(25-30)41-37-26-31(38)20-23-35(37)39-34/h18-26,39-40H,2-17,38H2,1H3. The summed E-state index contributed by atoms with van der Waals surface area (Å²) in [5.74, 6) is 0.127. The molecule has 0 saturated carbocycles. The number of aliphatic hydroxyl groups is 1. The number of unbranched alkanes of at least 4 members (excludes halogenated alkanes) is 10. The van der Waals surface area contributed by atoms with Crippen molar-refractivity contribution in [2.45, 2.75) is 107 Å². The number of anilines is 3. The summed E-state index contributed by atoms with van der Waals surface area (Å²) >= 11 is 1.82. The van der Waals surface area contributed by atoms with Gasteiger partial charge in [0.1, 0.15) is 5.76 Å². The average Bonchev–Trinajstić information content (AvgIpc) is 2.97. The van der Waals surface area contributed by atoms with Gasteiger partial charge in [-0.2, -0.15) is 0 Å². The lowest BCUT2D eigenvalue weighted by Crippen LogP contribution is -2.01. The van der Waals surface area contributed by atoms with E-state index in [1.54, 1.807) is 0 Å². The van der Waals surface area contributed by atoms with Crippen molar-refractivity contribution < 1.29 is 5.11 Å². The van der Waals surface area contributed by atoms with Gasteiger partial charge in [0, 0.05) is 21.0 Å². The zero-order valence-electron chi connectivity index (χ0n) is 24.9. The second kappa shape index (κ2) is 15.8. The van der Waals surface area contributed by atoms with Crippen LogP contribution in [0, 0.1) is 0 Å². The van der Waals surface area contributed by atoms with Crippen LogP contribution in [0.25, 0.3) is 11.3 Å². The summed E-state index contributed by atoms with van der Waals surface area (Å²) in [7, 11) is 0. The van der Waals surface area contributed by atoms with E-state index in [0.717, 1.165) is 47.3 Å². The molecule has 41 heavy (non-hydrogen) atoms. The molecular formula is C37H48N2OS. The van der Waals surface area contributed by atoms with Crippen LogP contribution in [-0.4, -0.2) is 5.11 Å². The predicted octanol–water partition coefficient (Wildman–Crippen LogP) is 11.5. The third kappa shape index (κ3) is 9.19. The van der Waals surface area contributed by atoms with E-state index in [4.69, 9.17) is 5.73 Å². The van der Waals surface area contributed by atoms with Crippen LogP contribution in [0.1, 0.15) is 106 Å². The van der Waals surface area contributed by atoms with Gasteiger partial charge in [-0.05, 0) is 84.7 Å². The summed E-state index contributed by atoms with van der Waals surface area (Å²) in [6, 6.07) is 19.3. The van der Waals surface area contributed by atoms with E-state index in [2.05, 4.69) is 67.9 Å². The van der Waals surface area contributed by atoms with Gasteiger partial charge in [-0.1, -0.05) is 114 Å². The Kier molecular flexibility index (Phi) is 11.9. The van der Waals surface area contributed by atoms with E-state index in [1.807, 2.05) is 23.9 Å². The summed E-state index contributed by atoms with van der Waals surface area (Å²) in [4.78, 5) is 2.51. The molecule has 0 saturated heterocycles. The zero-order valence-corrected chi connectivity index (χ0v) is 25.8. The molecule has 1 aliphatic rings. The van der Waals surface area contributed by atoms with Crippen molar-refractivity contribution in [2.24, 2.45) is 0 Å². The molecule has 1 heterocycles. The fourth-order valence-electron chi connectivity index (χ4n) is 5.63. The molecule has 0 aliphatic carbocycles. The Morgan fingerprint density at radius 1 is 0.683 bits per heavy atom. The molecule has 1 aliphatic heterocycles. The minimum Gasteiger partial charge on any atom is -0.508 e. The first kappa shape index (κ1) is 30.8. The lowest BCUT2D eigenvalue weighted by molar-refractivity contribution is 0.513. The molecule has 0 amide bonds. The highest BCUT2D eigenvalue weighted by Gasteiger charge is 2.16. The molecule has 0 radical (unpaired) electrons. The average molecular weight is 569 g/mol. The molecule has 3 aromatic carbocycles. The largest absolute Gasteiger partial charge is 0.508 e. The summed E-state index contributed by atoms with van der Waals surface area (Å²) in [5, 5.41) is 13.4. The SMILES string of the molecule is C=C(O)c1ccc(CCCCCCCCCCCCCc2ccc3c(c2)Sc2cc(N)ccc2N3)cc1C(=C)CC. The molecule has 0 fully saturated rings. The van der Waals surface area contributed by atoms with Crippen LogP contribution in [0.2, 0.25) is 0 Å². The molecular weight excluding hydrogens is 520 g/mol. The number of hydrogen-bond donors (Lipinski definition) is 3. The van der Waals surface area contributed by atoms with Crippen molar-refractivity contribution >= 4 is 40.2 Å². The minimum absolute atomic E-state index is 0.127. The van der Waals surface area contributed by atoms with Crippen LogP contribution in [-0.2, 0) is 12.8 Å². The summed E-state index contributed by atoms with van der Waals surface area (Å²) in [6.07, 6.45) is 17.7. The van der Waals surface area contributed by atoms with Crippen LogP contribution in [0.3, 0.4) is 0 Å². The molecule has 3 nitrogen and oxygen atoms in total. The first-order chi connectivity index (χ1) is 19.9. The quantitative estimate of drug-likeness (QED) is 0.0673. The third-order valence-electron chi connectivity index (χ3n) is 8.17. The van der Waals surface area contributed by atoms with E-state index >= 15 is 0 Å². The molecule has 0 bridgehead atoms. The highest BCUT2D eigenvalue weighted by atomic mass is 32.2. The fraction of sp³-hybridized carbons (Fsp3) is 0.405. The number of benzene rings is 3. The Bertz CT molecular complexity index is 1330. The van der Waals surface area contributed by atoms with E-state index in [0.29, 0.717) is 0 Å². The summed E-state index contributed by atoms with van der Waals surface area (Å²) in [5.41, 5.74) is 14.8. The molecule has 0 atom stereocenters. The lowest BCUT2D eigenvalue weighted by atomic mass is 9.94. The Morgan fingerprint density at radius 3 is 1.78 bits per heavy atom. The van der Waals surface area contributed by atoms with Crippen LogP contribution < -0.4 is 11.1 Å². The number of fused-ring (bicyclic) bond motifs is 2.